The van der Waals surface area contributed by atoms with Gasteiger partial charge in [-0.15, -0.1) is 0 Å². The number of halogens is 2. The molecule has 0 saturated carbocycles. The zero-order chi connectivity index (χ0) is 29.8. The maximum Gasteiger partial charge on any atom is 0.338 e. The van der Waals surface area contributed by atoms with E-state index in [-0.39, 0.29) is 12.2 Å². The van der Waals surface area contributed by atoms with E-state index in [4.69, 9.17) is 25.8 Å². The van der Waals surface area contributed by atoms with Gasteiger partial charge in [-0.2, -0.15) is 0 Å². The van der Waals surface area contributed by atoms with E-state index < -0.39 is 12.0 Å². The van der Waals surface area contributed by atoms with Gasteiger partial charge in [0.05, 0.1) is 39.5 Å². The van der Waals surface area contributed by atoms with Crippen LogP contribution < -0.4 is 24.4 Å². The Balaban J connectivity index is 1.59. The Morgan fingerprint density at radius 3 is 2.50 bits per heavy atom. The van der Waals surface area contributed by atoms with E-state index in [0.717, 1.165) is 16.7 Å². The highest BCUT2D eigenvalue weighted by Gasteiger charge is 2.33. The van der Waals surface area contributed by atoms with Crippen molar-refractivity contribution in [3.63, 3.8) is 0 Å². The molecule has 3 aromatic carbocycles. The number of rotatable bonds is 9. The molecule has 5 rings (SSSR count). The number of ether oxygens (including phenoxy) is 3. The molecule has 216 valence electrons. The van der Waals surface area contributed by atoms with Crippen LogP contribution in [-0.4, -0.2) is 23.8 Å². The lowest BCUT2D eigenvalue weighted by atomic mass is 9.96. The third-order valence-corrected chi connectivity index (χ3v) is 8.38. The smallest absolute Gasteiger partial charge is 0.338 e. The molecule has 0 spiro atoms. The fraction of sp³-hybridized carbons (Fsp3) is 0.219. The van der Waals surface area contributed by atoms with Gasteiger partial charge in [-0.3, -0.25) is 9.36 Å². The maximum absolute atomic E-state index is 13.9. The zero-order valence-corrected chi connectivity index (χ0v) is 26.4. The van der Waals surface area contributed by atoms with Crippen LogP contribution in [0.4, 0.5) is 0 Å². The van der Waals surface area contributed by atoms with Crippen LogP contribution in [0.3, 0.4) is 0 Å². The Bertz CT molecular complexity index is 1830. The van der Waals surface area contributed by atoms with E-state index >= 15 is 0 Å². The summed E-state index contributed by atoms with van der Waals surface area (Å²) in [5.41, 5.74) is 3.05. The minimum Gasteiger partial charge on any atom is -0.490 e. The van der Waals surface area contributed by atoms with Gasteiger partial charge in [0.1, 0.15) is 6.61 Å². The molecular formula is C32H28BrClN2O5S. The molecule has 7 nitrogen and oxygen atoms in total. The van der Waals surface area contributed by atoms with Gasteiger partial charge in [0.15, 0.2) is 16.3 Å². The fourth-order valence-corrected chi connectivity index (χ4v) is 6.45. The van der Waals surface area contributed by atoms with Gasteiger partial charge in [-0.25, -0.2) is 9.79 Å². The molecule has 0 saturated heterocycles. The lowest BCUT2D eigenvalue weighted by molar-refractivity contribution is -0.139. The van der Waals surface area contributed by atoms with Gasteiger partial charge in [-0.1, -0.05) is 65.4 Å². The summed E-state index contributed by atoms with van der Waals surface area (Å²) in [6.45, 7) is 6.43. The van der Waals surface area contributed by atoms with Gasteiger partial charge < -0.3 is 14.2 Å². The highest BCUT2D eigenvalue weighted by Crippen LogP contribution is 2.38. The van der Waals surface area contributed by atoms with Crippen molar-refractivity contribution in [2.45, 2.75) is 33.4 Å². The first-order valence-electron chi connectivity index (χ1n) is 13.4. The van der Waals surface area contributed by atoms with E-state index in [1.807, 2.05) is 61.5 Å². The third-order valence-electron chi connectivity index (χ3n) is 6.56. The van der Waals surface area contributed by atoms with Gasteiger partial charge in [-0.05, 0) is 83.7 Å². The van der Waals surface area contributed by atoms with Crippen molar-refractivity contribution in [1.29, 1.82) is 0 Å². The second-order valence-corrected chi connectivity index (χ2v) is 11.7. The first-order chi connectivity index (χ1) is 20.3. The molecule has 0 radical (unpaired) electrons. The summed E-state index contributed by atoms with van der Waals surface area (Å²) in [5.74, 6) is 0.627. The standard InChI is InChI=1S/C32H28BrClN2O5S/c1-4-39-25-16-21(15-24(33)29(25)41-18-20-9-7-6-8-10-20)17-26-30(37)36-28(22-11-13-23(34)14-12-22)27(31(38)40-5-2)19(3)35-32(36)42-26/h6-17,28H,4-5,18H2,1-3H3/b26-17+. The van der Waals surface area contributed by atoms with Crippen molar-refractivity contribution in [1.82, 2.24) is 4.57 Å². The second-order valence-electron chi connectivity index (χ2n) is 9.39. The number of hydrogen-bond acceptors (Lipinski definition) is 7. The average molecular weight is 668 g/mol. The molecule has 0 fully saturated rings. The van der Waals surface area contributed by atoms with Crippen LogP contribution in [0, 0.1) is 0 Å². The molecule has 2 heterocycles. The first-order valence-corrected chi connectivity index (χ1v) is 15.4. The van der Waals surface area contributed by atoms with Crippen LogP contribution in [0.5, 0.6) is 11.5 Å². The summed E-state index contributed by atoms with van der Waals surface area (Å²) < 4.78 is 20.1. The Morgan fingerprint density at radius 1 is 1.07 bits per heavy atom. The molecule has 1 aliphatic rings. The van der Waals surface area contributed by atoms with Crippen molar-refractivity contribution in [2.24, 2.45) is 4.99 Å². The largest absolute Gasteiger partial charge is 0.490 e. The predicted molar refractivity (Wildman–Crippen MR) is 168 cm³/mol. The van der Waals surface area contributed by atoms with Crippen molar-refractivity contribution >= 4 is 50.9 Å². The van der Waals surface area contributed by atoms with Crippen molar-refractivity contribution < 1.29 is 19.0 Å². The van der Waals surface area contributed by atoms with Gasteiger partial charge in [0.25, 0.3) is 5.56 Å². The van der Waals surface area contributed by atoms with Crippen molar-refractivity contribution in [2.75, 3.05) is 13.2 Å². The molecule has 1 unspecified atom stereocenters. The first kappa shape index (κ1) is 29.8. The Kier molecular flexibility index (Phi) is 9.30. The molecule has 10 heteroatoms. The molecule has 0 N–H and O–H groups in total. The van der Waals surface area contributed by atoms with Crippen LogP contribution in [0.2, 0.25) is 5.02 Å². The third kappa shape index (κ3) is 6.23. The molecule has 4 aromatic rings. The van der Waals surface area contributed by atoms with Crippen LogP contribution in [0.1, 0.15) is 43.5 Å². The minimum absolute atomic E-state index is 0.204. The number of esters is 1. The summed E-state index contributed by atoms with van der Waals surface area (Å²) in [5, 5.41) is 0.552. The topological polar surface area (TPSA) is 79.1 Å². The van der Waals surface area contributed by atoms with Crippen molar-refractivity contribution in [3.8, 4) is 11.5 Å². The van der Waals surface area contributed by atoms with E-state index in [2.05, 4.69) is 20.9 Å². The van der Waals surface area contributed by atoms with Crippen LogP contribution >= 0.6 is 38.9 Å². The van der Waals surface area contributed by atoms with Crippen LogP contribution in [0.15, 0.2) is 92.3 Å². The normalized spacial score (nSPS) is 14.8. The second kappa shape index (κ2) is 13.1. The van der Waals surface area contributed by atoms with Crippen LogP contribution in [-0.2, 0) is 16.1 Å². The fourth-order valence-electron chi connectivity index (χ4n) is 4.71. The average Bonchev–Trinajstić information content (AvgIpc) is 3.27. The monoisotopic (exact) mass is 666 g/mol. The molecule has 1 aliphatic heterocycles. The summed E-state index contributed by atoms with van der Waals surface area (Å²) in [6.07, 6.45) is 1.79. The van der Waals surface area contributed by atoms with Gasteiger partial charge in [0.2, 0.25) is 0 Å². The van der Waals surface area contributed by atoms with E-state index in [1.165, 1.54) is 11.3 Å². The summed E-state index contributed by atoms with van der Waals surface area (Å²) in [6, 6.07) is 20.0. The summed E-state index contributed by atoms with van der Waals surface area (Å²) in [4.78, 5) is 32.1. The van der Waals surface area contributed by atoms with Crippen LogP contribution in [0.25, 0.3) is 6.08 Å². The number of aromatic nitrogens is 1. The quantitative estimate of drug-likeness (QED) is 0.199. The lowest BCUT2D eigenvalue weighted by Crippen LogP contribution is -2.39. The Labute approximate surface area is 260 Å². The highest BCUT2D eigenvalue weighted by atomic mass is 79.9. The molecule has 1 atom stereocenters. The predicted octanol–water partition coefficient (Wildman–Crippen LogP) is 6.19. The number of benzene rings is 3. The van der Waals surface area contributed by atoms with E-state index in [1.54, 1.807) is 36.6 Å². The van der Waals surface area contributed by atoms with Crippen molar-refractivity contribution in [3.05, 3.63) is 124 Å². The van der Waals surface area contributed by atoms with E-state index in [9.17, 15) is 9.59 Å². The molecule has 42 heavy (non-hydrogen) atoms. The van der Waals surface area contributed by atoms with Gasteiger partial charge >= 0.3 is 5.97 Å². The minimum atomic E-state index is -0.709. The number of hydrogen-bond donors (Lipinski definition) is 0. The lowest BCUT2D eigenvalue weighted by Gasteiger charge is -2.24. The number of nitrogens with zero attached hydrogens (tertiary/aromatic N) is 2. The number of allylic oxidation sites excluding steroid dienone is 1. The zero-order valence-electron chi connectivity index (χ0n) is 23.2. The molecular weight excluding hydrogens is 640 g/mol. The number of thiazole rings is 1. The molecule has 0 bridgehead atoms. The van der Waals surface area contributed by atoms with Gasteiger partial charge in [0, 0.05) is 5.02 Å². The molecule has 1 aromatic heterocycles. The van der Waals surface area contributed by atoms with E-state index in [0.29, 0.717) is 54.8 Å². The Morgan fingerprint density at radius 2 is 1.81 bits per heavy atom. The summed E-state index contributed by atoms with van der Waals surface area (Å²) in [7, 11) is 0. The highest BCUT2D eigenvalue weighted by molar-refractivity contribution is 9.10. The number of carbonyl (C=O) groups is 1. The number of fused-ring (bicyclic) bond motifs is 1. The summed E-state index contributed by atoms with van der Waals surface area (Å²) >= 11 is 11.0. The molecule has 0 amide bonds. The Hall–Kier alpha value is -3.66. The number of carbonyl (C=O) groups excluding carboxylic acids is 1. The maximum atomic E-state index is 13.9. The molecule has 0 aliphatic carbocycles. The SMILES string of the molecule is CCOC(=O)C1=C(C)N=c2s/c(=C/c3cc(Br)c(OCc4ccccc4)c(OCC)c3)c(=O)n2C1c1ccc(Cl)cc1.